The van der Waals surface area contributed by atoms with Crippen molar-refractivity contribution in [3.05, 3.63) is 71.3 Å². The summed E-state index contributed by atoms with van der Waals surface area (Å²) in [5.41, 5.74) is 3.71. The molecule has 2 heteroatoms. The summed E-state index contributed by atoms with van der Waals surface area (Å²) in [7, 11) is 0. The van der Waals surface area contributed by atoms with Crippen molar-refractivity contribution in [2.45, 2.75) is 32.7 Å². The quantitative estimate of drug-likeness (QED) is 0.850. The minimum atomic E-state index is 0.126. The van der Waals surface area contributed by atoms with Gasteiger partial charge in [-0.3, -0.25) is 4.79 Å². The summed E-state index contributed by atoms with van der Waals surface area (Å²) in [4.78, 5) is 11.7. The van der Waals surface area contributed by atoms with Crippen molar-refractivity contribution in [2.24, 2.45) is 0 Å². The normalized spacial score (nSPS) is 10.2. The fourth-order valence-corrected chi connectivity index (χ4v) is 2.09. The molecule has 20 heavy (non-hydrogen) atoms. The van der Waals surface area contributed by atoms with Gasteiger partial charge in [0, 0.05) is 13.0 Å². The molecule has 0 aliphatic rings. The highest BCUT2D eigenvalue weighted by molar-refractivity contribution is 5.75. The molecule has 1 amide bonds. The van der Waals surface area contributed by atoms with Gasteiger partial charge in [0.15, 0.2) is 0 Å². The van der Waals surface area contributed by atoms with Gasteiger partial charge >= 0.3 is 0 Å². The maximum absolute atomic E-state index is 11.7. The van der Waals surface area contributed by atoms with Crippen LogP contribution >= 0.6 is 0 Å². The maximum Gasteiger partial charge on any atom is 0.220 e. The number of carbonyl (C=O) groups is 1. The lowest BCUT2D eigenvalue weighted by Crippen LogP contribution is -2.22. The number of carbonyl (C=O) groups excluding carboxylic acids is 1. The van der Waals surface area contributed by atoms with Crippen LogP contribution in [0.3, 0.4) is 0 Å². The number of hydrogen-bond donors (Lipinski definition) is 1. The van der Waals surface area contributed by atoms with Crippen LogP contribution in [0.4, 0.5) is 0 Å². The van der Waals surface area contributed by atoms with Crippen LogP contribution in [0.2, 0.25) is 0 Å². The van der Waals surface area contributed by atoms with Crippen LogP contribution in [0.5, 0.6) is 0 Å². The number of aryl methyl sites for hydroxylation is 2. The molecule has 2 aromatic carbocycles. The zero-order valence-corrected chi connectivity index (χ0v) is 11.9. The van der Waals surface area contributed by atoms with Gasteiger partial charge in [0.2, 0.25) is 5.91 Å². The molecule has 0 aliphatic carbocycles. The Labute approximate surface area is 120 Å². The molecule has 104 valence electrons. The van der Waals surface area contributed by atoms with Crippen molar-refractivity contribution in [1.29, 1.82) is 0 Å². The lowest BCUT2D eigenvalue weighted by molar-refractivity contribution is -0.121. The Morgan fingerprint density at radius 3 is 2.35 bits per heavy atom. The van der Waals surface area contributed by atoms with Crippen LogP contribution in [0.1, 0.15) is 29.5 Å². The van der Waals surface area contributed by atoms with Crippen molar-refractivity contribution in [1.82, 2.24) is 5.32 Å². The predicted octanol–water partition coefficient (Wildman–Crippen LogP) is 3.63. The SMILES string of the molecule is Cc1ccc(CCCC(=O)NCc2ccccc2)cc1. The van der Waals surface area contributed by atoms with Crippen LogP contribution in [-0.2, 0) is 17.8 Å². The summed E-state index contributed by atoms with van der Waals surface area (Å²) in [6.07, 6.45) is 2.43. The van der Waals surface area contributed by atoms with Gasteiger partial charge in [-0.15, -0.1) is 0 Å². The molecule has 2 nitrogen and oxygen atoms in total. The van der Waals surface area contributed by atoms with E-state index < -0.39 is 0 Å². The van der Waals surface area contributed by atoms with E-state index in [1.54, 1.807) is 0 Å². The second-order valence-corrected chi connectivity index (χ2v) is 5.10. The van der Waals surface area contributed by atoms with E-state index in [0.717, 1.165) is 18.4 Å². The first-order valence-corrected chi connectivity index (χ1v) is 7.10. The average molecular weight is 267 g/mol. The Balaban J connectivity index is 1.66. The highest BCUT2D eigenvalue weighted by Crippen LogP contribution is 2.07. The fourth-order valence-electron chi connectivity index (χ4n) is 2.09. The van der Waals surface area contributed by atoms with Gasteiger partial charge in [0.1, 0.15) is 0 Å². The summed E-state index contributed by atoms with van der Waals surface area (Å²) in [6, 6.07) is 18.5. The number of nitrogens with one attached hydrogen (secondary N) is 1. The zero-order chi connectivity index (χ0) is 14.2. The second kappa shape index (κ2) is 7.49. The topological polar surface area (TPSA) is 29.1 Å². The molecule has 0 fully saturated rings. The van der Waals surface area contributed by atoms with E-state index in [9.17, 15) is 4.79 Å². The summed E-state index contributed by atoms with van der Waals surface area (Å²) in [6.45, 7) is 2.70. The molecule has 0 heterocycles. The molecule has 0 radical (unpaired) electrons. The van der Waals surface area contributed by atoms with Gasteiger partial charge in [-0.2, -0.15) is 0 Å². The lowest BCUT2D eigenvalue weighted by Gasteiger charge is -2.05. The molecule has 0 bridgehead atoms. The third-order valence-corrected chi connectivity index (χ3v) is 3.32. The van der Waals surface area contributed by atoms with Crippen LogP contribution in [0.15, 0.2) is 54.6 Å². The molecular formula is C18H21NO. The van der Waals surface area contributed by atoms with Gasteiger partial charge in [-0.1, -0.05) is 60.2 Å². The van der Waals surface area contributed by atoms with E-state index in [4.69, 9.17) is 0 Å². The number of rotatable bonds is 6. The molecule has 0 atom stereocenters. The summed E-state index contributed by atoms with van der Waals surface area (Å²) < 4.78 is 0. The Hall–Kier alpha value is -2.09. The highest BCUT2D eigenvalue weighted by atomic mass is 16.1. The highest BCUT2D eigenvalue weighted by Gasteiger charge is 2.01. The molecule has 0 spiro atoms. The van der Waals surface area contributed by atoms with Crippen LogP contribution in [0, 0.1) is 6.92 Å². The number of amides is 1. The summed E-state index contributed by atoms with van der Waals surface area (Å²) in [5.74, 6) is 0.126. The first kappa shape index (κ1) is 14.3. The molecule has 2 rings (SSSR count). The van der Waals surface area contributed by atoms with Crippen LogP contribution in [0.25, 0.3) is 0 Å². The molecule has 0 saturated heterocycles. The van der Waals surface area contributed by atoms with Crippen LogP contribution < -0.4 is 5.32 Å². The standard InChI is InChI=1S/C18H21NO/c1-15-10-12-16(13-11-15)8-5-9-18(20)19-14-17-6-3-2-4-7-17/h2-4,6-7,10-13H,5,8-9,14H2,1H3,(H,19,20). The zero-order valence-electron chi connectivity index (χ0n) is 11.9. The van der Waals surface area contributed by atoms with Gasteiger partial charge in [-0.05, 0) is 30.9 Å². The average Bonchev–Trinajstić information content (AvgIpc) is 2.48. The lowest BCUT2D eigenvalue weighted by atomic mass is 10.1. The number of benzene rings is 2. The van der Waals surface area contributed by atoms with Crippen molar-refractivity contribution >= 4 is 5.91 Å². The fraction of sp³-hybridized carbons (Fsp3) is 0.278. The molecule has 2 aromatic rings. The van der Waals surface area contributed by atoms with E-state index in [1.165, 1.54) is 11.1 Å². The minimum absolute atomic E-state index is 0.126. The first-order chi connectivity index (χ1) is 9.74. The number of hydrogen-bond acceptors (Lipinski definition) is 1. The van der Waals surface area contributed by atoms with E-state index >= 15 is 0 Å². The largest absolute Gasteiger partial charge is 0.352 e. The van der Waals surface area contributed by atoms with Gasteiger partial charge < -0.3 is 5.32 Å². The molecule has 1 N–H and O–H groups in total. The van der Waals surface area contributed by atoms with Crippen molar-refractivity contribution < 1.29 is 4.79 Å². The molecule has 0 aromatic heterocycles. The predicted molar refractivity (Wildman–Crippen MR) is 82.4 cm³/mol. The maximum atomic E-state index is 11.7. The molecule has 0 unspecified atom stereocenters. The van der Waals surface area contributed by atoms with Crippen LogP contribution in [-0.4, -0.2) is 5.91 Å². The van der Waals surface area contributed by atoms with Gasteiger partial charge in [0.25, 0.3) is 0 Å². The Morgan fingerprint density at radius 1 is 0.950 bits per heavy atom. The Kier molecular flexibility index (Phi) is 5.36. The van der Waals surface area contributed by atoms with Crippen molar-refractivity contribution in [3.63, 3.8) is 0 Å². The van der Waals surface area contributed by atoms with E-state index in [0.29, 0.717) is 13.0 Å². The molecule has 0 saturated carbocycles. The second-order valence-electron chi connectivity index (χ2n) is 5.10. The van der Waals surface area contributed by atoms with Crippen molar-refractivity contribution in [3.8, 4) is 0 Å². The van der Waals surface area contributed by atoms with E-state index in [-0.39, 0.29) is 5.91 Å². The third-order valence-electron chi connectivity index (χ3n) is 3.32. The summed E-state index contributed by atoms with van der Waals surface area (Å²) >= 11 is 0. The van der Waals surface area contributed by atoms with Crippen molar-refractivity contribution in [2.75, 3.05) is 0 Å². The molecular weight excluding hydrogens is 246 g/mol. The smallest absolute Gasteiger partial charge is 0.220 e. The van der Waals surface area contributed by atoms with E-state index in [2.05, 4.69) is 36.5 Å². The minimum Gasteiger partial charge on any atom is -0.352 e. The van der Waals surface area contributed by atoms with Gasteiger partial charge in [0.05, 0.1) is 0 Å². The van der Waals surface area contributed by atoms with Gasteiger partial charge in [-0.25, -0.2) is 0 Å². The Morgan fingerprint density at radius 2 is 1.65 bits per heavy atom. The first-order valence-electron chi connectivity index (χ1n) is 7.10. The monoisotopic (exact) mass is 267 g/mol. The van der Waals surface area contributed by atoms with E-state index in [1.807, 2.05) is 30.3 Å². The Bertz CT molecular complexity index is 531. The summed E-state index contributed by atoms with van der Waals surface area (Å²) in [5, 5.41) is 2.96. The third kappa shape index (κ3) is 4.88. The molecule has 0 aliphatic heterocycles.